The van der Waals surface area contributed by atoms with Crippen molar-refractivity contribution in [2.24, 2.45) is 10.2 Å². The molecule has 0 aliphatic carbocycles. The van der Waals surface area contributed by atoms with Gasteiger partial charge >= 0.3 is 5.97 Å². The molecule has 0 radical (unpaired) electrons. The Balaban J connectivity index is 0.000000239. The van der Waals surface area contributed by atoms with Crippen LogP contribution in [-0.4, -0.2) is 33.6 Å². The second kappa shape index (κ2) is 20.9. The average Bonchev–Trinajstić information content (AvgIpc) is 3.50. The number of carboxylic acids is 1. The molecule has 43 heavy (non-hydrogen) atoms. The van der Waals surface area contributed by atoms with Gasteiger partial charge in [0.05, 0.1) is 11.9 Å². The van der Waals surface area contributed by atoms with Gasteiger partial charge in [0.1, 0.15) is 0 Å². The second-order valence-electron chi connectivity index (χ2n) is 11.0. The first-order valence-corrected chi connectivity index (χ1v) is 16.2. The number of hydrazone groups is 2. The second-order valence-corrected chi connectivity index (χ2v) is 11.0. The maximum Gasteiger partial charge on any atom is 0.303 e. The Labute approximate surface area is 258 Å². The van der Waals surface area contributed by atoms with E-state index in [0.29, 0.717) is 6.42 Å². The fourth-order valence-electron chi connectivity index (χ4n) is 4.91. The molecule has 2 aromatic rings. The van der Waals surface area contributed by atoms with Crippen molar-refractivity contribution in [3.05, 3.63) is 78.5 Å². The molecule has 0 saturated carbocycles. The minimum atomic E-state index is -0.653. The normalized spacial score (nSPS) is 14.1. The summed E-state index contributed by atoms with van der Waals surface area (Å²) < 4.78 is 0. The number of nitrogens with one attached hydrogen (secondary N) is 2. The average molecular weight is 590 g/mol. The molecule has 0 unspecified atom stereocenters. The fourth-order valence-corrected chi connectivity index (χ4v) is 4.91. The number of rotatable bonds is 19. The molecule has 3 N–H and O–H groups in total. The molecule has 2 aromatic carbocycles. The van der Waals surface area contributed by atoms with Gasteiger partial charge in [-0.05, 0) is 24.6 Å². The van der Waals surface area contributed by atoms with Crippen LogP contribution in [0.2, 0.25) is 0 Å². The zero-order chi connectivity index (χ0) is 30.4. The largest absolute Gasteiger partial charge is 0.481 e. The quantitative estimate of drug-likeness (QED) is 0.142. The first kappa shape index (κ1) is 33.6. The molecular formula is C34H51N7O2. The van der Waals surface area contributed by atoms with E-state index in [0.717, 1.165) is 29.9 Å². The Morgan fingerprint density at radius 2 is 1.28 bits per heavy atom. The Bertz CT molecular complexity index is 1110. The maximum atomic E-state index is 10.3. The van der Waals surface area contributed by atoms with Crippen LogP contribution in [0, 0.1) is 0 Å². The number of aliphatic carboxylic acids is 1. The molecule has 2 aliphatic rings. The van der Waals surface area contributed by atoms with Crippen LogP contribution in [-0.2, 0) is 4.79 Å². The van der Waals surface area contributed by atoms with Crippen molar-refractivity contribution >= 4 is 23.7 Å². The van der Waals surface area contributed by atoms with E-state index in [1.54, 1.807) is 28.0 Å². The standard InChI is InChI=1S/C18H36O2.C16H15N7/c1-2-3-4-5-6-7-8-9-10-11-12-13-14-15-16-17-18(19)20;1-3-8-14(9-4-1)16-19-21(15-10-5-2-6-11-15)23(20-16)22-17-12-7-13-18-22/h2-17H2,1H3,(H,19,20);1-13,17H,(H,19,20). The van der Waals surface area contributed by atoms with Crippen molar-refractivity contribution in [3.63, 3.8) is 0 Å². The van der Waals surface area contributed by atoms with Gasteiger partial charge in [-0.15, -0.1) is 10.2 Å². The summed E-state index contributed by atoms with van der Waals surface area (Å²) in [4.78, 5) is 10.3. The number of hydrogen-bond acceptors (Lipinski definition) is 8. The summed E-state index contributed by atoms with van der Waals surface area (Å²) in [5.41, 5.74) is 8.19. The molecule has 0 atom stereocenters. The first-order valence-electron chi connectivity index (χ1n) is 16.2. The highest BCUT2D eigenvalue weighted by Crippen LogP contribution is 2.21. The molecule has 2 aliphatic heterocycles. The smallest absolute Gasteiger partial charge is 0.303 e. The van der Waals surface area contributed by atoms with E-state index in [-0.39, 0.29) is 0 Å². The Kier molecular flexibility index (Phi) is 16.4. The topological polar surface area (TPSA) is 95.8 Å². The number of allylic oxidation sites excluding steroid dienone is 1. The molecule has 0 aromatic heterocycles. The molecule has 0 saturated heterocycles. The van der Waals surface area contributed by atoms with Crippen LogP contribution in [0.5, 0.6) is 0 Å². The summed E-state index contributed by atoms with van der Waals surface area (Å²) in [6.07, 6.45) is 25.5. The van der Waals surface area contributed by atoms with Crippen LogP contribution in [0.4, 0.5) is 5.69 Å². The van der Waals surface area contributed by atoms with Gasteiger partial charge in [-0.25, -0.2) is 0 Å². The van der Waals surface area contributed by atoms with Crippen LogP contribution in [0.1, 0.15) is 115 Å². The molecule has 9 nitrogen and oxygen atoms in total. The minimum absolute atomic E-state index is 0.345. The monoisotopic (exact) mass is 589 g/mol. The van der Waals surface area contributed by atoms with Crippen molar-refractivity contribution in [2.75, 3.05) is 5.12 Å². The van der Waals surface area contributed by atoms with E-state index in [9.17, 15) is 4.79 Å². The molecule has 4 rings (SSSR count). The van der Waals surface area contributed by atoms with E-state index < -0.39 is 5.97 Å². The van der Waals surface area contributed by atoms with Crippen LogP contribution in [0.25, 0.3) is 0 Å². The Morgan fingerprint density at radius 1 is 0.744 bits per heavy atom. The Morgan fingerprint density at radius 3 is 1.79 bits per heavy atom. The van der Waals surface area contributed by atoms with E-state index in [4.69, 9.17) is 5.11 Å². The van der Waals surface area contributed by atoms with E-state index in [1.807, 2.05) is 66.7 Å². The summed E-state index contributed by atoms with van der Waals surface area (Å²) in [7, 11) is 0. The van der Waals surface area contributed by atoms with Crippen LogP contribution in [0.15, 0.2) is 83.1 Å². The number of carbonyl (C=O) groups is 1. The van der Waals surface area contributed by atoms with Crippen LogP contribution < -0.4 is 16.0 Å². The number of para-hydroxylation sites is 1. The number of benzene rings is 2. The van der Waals surface area contributed by atoms with Gasteiger partial charge in [0, 0.05) is 23.4 Å². The van der Waals surface area contributed by atoms with Gasteiger partial charge in [-0.1, -0.05) is 151 Å². The molecule has 0 amide bonds. The van der Waals surface area contributed by atoms with Crippen LogP contribution >= 0.6 is 0 Å². The number of carboxylic acid groups (broad SMARTS) is 1. The summed E-state index contributed by atoms with van der Waals surface area (Å²) in [5, 5.41) is 22.5. The molecule has 234 valence electrons. The summed E-state index contributed by atoms with van der Waals surface area (Å²) in [6, 6.07) is 19.8. The van der Waals surface area contributed by atoms with Gasteiger partial charge in [-0.3, -0.25) is 15.6 Å². The third-order valence-electron chi connectivity index (χ3n) is 7.34. The van der Waals surface area contributed by atoms with E-state index in [1.165, 1.54) is 83.5 Å². The highest BCUT2D eigenvalue weighted by Gasteiger charge is 2.30. The lowest BCUT2D eigenvalue weighted by Gasteiger charge is -2.33. The number of hydrazine groups is 4. The van der Waals surface area contributed by atoms with Gasteiger partial charge < -0.3 is 5.11 Å². The lowest BCUT2D eigenvalue weighted by Crippen LogP contribution is -2.57. The van der Waals surface area contributed by atoms with Crippen molar-refractivity contribution in [2.45, 2.75) is 110 Å². The van der Waals surface area contributed by atoms with Gasteiger partial charge in [0.25, 0.3) is 0 Å². The van der Waals surface area contributed by atoms with Gasteiger partial charge in [0.15, 0.2) is 5.84 Å². The summed E-state index contributed by atoms with van der Waals surface area (Å²) in [5.74, 6) is 0.0840. The molecule has 9 heteroatoms. The predicted octanol–water partition coefficient (Wildman–Crippen LogP) is 8.16. The van der Waals surface area contributed by atoms with Gasteiger partial charge in [0.2, 0.25) is 0 Å². The molecular weight excluding hydrogens is 538 g/mol. The van der Waals surface area contributed by atoms with Crippen molar-refractivity contribution in [1.29, 1.82) is 0 Å². The molecule has 0 fully saturated rings. The Hall–Kier alpha value is -3.85. The molecule has 2 heterocycles. The van der Waals surface area contributed by atoms with E-state index in [2.05, 4.69) is 28.0 Å². The first-order chi connectivity index (χ1) is 21.2. The van der Waals surface area contributed by atoms with Crippen molar-refractivity contribution in [1.82, 2.24) is 21.3 Å². The van der Waals surface area contributed by atoms with E-state index >= 15 is 0 Å². The number of anilines is 1. The summed E-state index contributed by atoms with van der Waals surface area (Å²) in [6.45, 7) is 2.27. The number of amidine groups is 1. The predicted molar refractivity (Wildman–Crippen MR) is 177 cm³/mol. The van der Waals surface area contributed by atoms with Crippen molar-refractivity contribution in [3.8, 4) is 0 Å². The number of unbranched alkanes of at least 4 members (excludes halogenated alkanes) is 14. The third kappa shape index (κ3) is 13.3. The molecule has 0 spiro atoms. The lowest BCUT2D eigenvalue weighted by molar-refractivity contribution is -0.137. The van der Waals surface area contributed by atoms with Crippen LogP contribution in [0.3, 0.4) is 0 Å². The van der Waals surface area contributed by atoms with Gasteiger partial charge in [-0.2, -0.15) is 5.12 Å². The fraction of sp³-hybridized carbons (Fsp3) is 0.500. The maximum absolute atomic E-state index is 10.3. The van der Waals surface area contributed by atoms with Crippen molar-refractivity contribution < 1.29 is 9.90 Å². The lowest BCUT2D eigenvalue weighted by atomic mass is 10.0. The third-order valence-corrected chi connectivity index (χ3v) is 7.34. The summed E-state index contributed by atoms with van der Waals surface area (Å²) >= 11 is 0. The minimum Gasteiger partial charge on any atom is -0.481 e. The molecule has 0 bridgehead atoms. The zero-order valence-corrected chi connectivity index (χ0v) is 25.9. The number of hydrogen-bond donors (Lipinski definition) is 3. The highest BCUT2D eigenvalue weighted by molar-refractivity contribution is 6.00. The highest BCUT2D eigenvalue weighted by atomic mass is 16.4. The zero-order valence-electron chi connectivity index (χ0n) is 25.9. The number of nitrogens with zero attached hydrogens (tertiary/aromatic N) is 5. The SMILES string of the molecule is C1=CNN(N2NC(c3ccccc3)=NN2c2ccccc2)N=C1.CCCCCCCCCCCCCCCCCC(=O)O.